The fourth-order valence-electron chi connectivity index (χ4n) is 2.11. The van der Waals surface area contributed by atoms with Crippen LogP contribution < -0.4 is 4.74 Å². The van der Waals surface area contributed by atoms with Gasteiger partial charge in [-0.25, -0.2) is 0 Å². The van der Waals surface area contributed by atoms with Gasteiger partial charge in [-0.15, -0.1) is 0 Å². The smallest absolute Gasteiger partial charge is 0.129 e. The molecule has 0 fully saturated rings. The van der Waals surface area contributed by atoms with Crippen molar-refractivity contribution in [2.75, 3.05) is 0 Å². The summed E-state index contributed by atoms with van der Waals surface area (Å²) in [5.74, 6) is 0.832. The van der Waals surface area contributed by atoms with Gasteiger partial charge < -0.3 is 9.94 Å². The standard InChI is InChI=1S/C12H15NO2/c1-7-4-8(2)12-10(13-14)6-9(3)15-11(12)5-7/h4-5,9,14H,6H2,1-3H3/b13-10-. The lowest BCUT2D eigenvalue weighted by molar-refractivity contribution is 0.218. The van der Waals surface area contributed by atoms with Crippen LogP contribution in [-0.4, -0.2) is 17.0 Å². The molecule has 0 amide bonds. The van der Waals surface area contributed by atoms with E-state index in [1.54, 1.807) is 0 Å². The molecule has 1 N–H and O–H groups in total. The van der Waals surface area contributed by atoms with Gasteiger partial charge >= 0.3 is 0 Å². The van der Waals surface area contributed by atoms with E-state index in [1.807, 2.05) is 26.8 Å². The number of hydrogen-bond donors (Lipinski definition) is 1. The predicted molar refractivity (Wildman–Crippen MR) is 58.9 cm³/mol. The summed E-state index contributed by atoms with van der Waals surface area (Å²) in [6, 6.07) is 4.06. The molecule has 0 aromatic heterocycles. The van der Waals surface area contributed by atoms with Gasteiger partial charge in [0.2, 0.25) is 0 Å². The Labute approximate surface area is 89.4 Å². The summed E-state index contributed by atoms with van der Waals surface area (Å²) in [4.78, 5) is 0. The summed E-state index contributed by atoms with van der Waals surface area (Å²) >= 11 is 0. The minimum atomic E-state index is 0.0737. The fraction of sp³-hybridized carbons (Fsp3) is 0.417. The minimum Gasteiger partial charge on any atom is -0.490 e. The van der Waals surface area contributed by atoms with E-state index < -0.39 is 0 Å². The van der Waals surface area contributed by atoms with Crippen LogP contribution in [0.15, 0.2) is 17.3 Å². The zero-order valence-corrected chi connectivity index (χ0v) is 9.24. The zero-order chi connectivity index (χ0) is 11.0. The van der Waals surface area contributed by atoms with Crippen molar-refractivity contribution in [2.24, 2.45) is 5.16 Å². The summed E-state index contributed by atoms with van der Waals surface area (Å²) in [6.45, 7) is 6.02. The van der Waals surface area contributed by atoms with E-state index in [0.717, 1.165) is 28.2 Å². The van der Waals surface area contributed by atoms with Gasteiger partial charge in [0.25, 0.3) is 0 Å². The molecular formula is C12H15NO2. The Balaban J connectivity index is 2.61. The first-order chi connectivity index (χ1) is 7.11. The number of benzene rings is 1. The van der Waals surface area contributed by atoms with Gasteiger partial charge in [0, 0.05) is 12.0 Å². The Kier molecular flexibility index (Phi) is 2.39. The van der Waals surface area contributed by atoms with Gasteiger partial charge in [-0.05, 0) is 38.0 Å². The van der Waals surface area contributed by atoms with E-state index in [1.165, 1.54) is 0 Å². The highest BCUT2D eigenvalue weighted by molar-refractivity contribution is 6.04. The van der Waals surface area contributed by atoms with Gasteiger partial charge in [-0.1, -0.05) is 11.2 Å². The molecule has 2 rings (SSSR count). The average Bonchev–Trinajstić information content (AvgIpc) is 2.14. The molecular weight excluding hydrogens is 190 g/mol. The number of rotatable bonds is 0. The van der Waals surface area contributed by atoms with E-state index in [4.69, 9.17) is 9.94 Å². The van der Waals surface area contributed by atoms with E-state index in [2.05, 4.69) is 11.2 Å². The molecule has 1 aromatic rings. The SMILES string of the molecule is Cc1cc(C)c2c(c1)OC(C)C/C2=N/O. The first-order valence-electron chi connectivity index (χ1n) is 5.11. The van der Waals surface area contributed by atoms with Crippen LogP contribution >= 0.6 is 0 Å². The molecule has 1 unspecified atom stereocenters. The summed E-state index contributed by atoms with van der Waals surface area (Å²) in [6.07, 6.45) is 0.734. The van der Waals surface area contributed by atoms with E-state index in [0.29, 0.717) is 6.42 Å². The van der Waals surface area contributed by atoms with Crippen molar-refractivity contribution < 1.29 is 9.94 Å². The van der Waals surface area contributed by atoms with Crippen molar-refractivity contribution >= 4 is 5.71 Å². The van der Waals surface area contributed by atoms with Gasteiger partial charge in [0.05, 0.1) is 5.71 Å². The molecule has 3 heteroatoms. The first kappa shape index (κ1) is 10.0. The number of nitrogens with zero attached hydrogens (tertiary/aromatic N) is 1. The van der Waals surface area contributed by atoms with Crippen LogP contribution in [-0.2, 0) is 0 Å². The molecule has 3 nitrogen and oxygen atoms in total. The zero-order valence-electron chi connectivity index (χ0n) is 9.24. The fourth-order valence-corrected chi connectivity index (χ4v) is 2.11. The third-order valence-corrected chi connectivity index (χ3v) is 2.66. The van der Waals surface area contributed by atoms with Crippen LogP contribution in [0.4, 0.5) is 0 Å². The lowest BCUT2D eigenvalue weighted by Crippen LogP contribution is -2.25. The lowest BCUT2D eigenvalue weighted by Gasteiger charge is -2.25. The van der Waals surface area contributed by atoms with Crippen LogP contribution in [0.5, 0.6) is 5.75 Å². The number of fused-ring (bicyclic) bond motifs is 1. The monoisotopic (exact) mass is 205 g/mol. The second-order valence-electron chi connectivity index (χ2n) is 4.13. The van der Waals surface area contributed by atoms with Crippen LogP contribution in [0.1, 0.15) is 30.0 Å². The Morgan fingerprint density at radius 3 is 2.80 bits per heavy atom. The van der Waals surface area contributed by atoms with Crippen molar-refractivity contribution in [3.8, 4) is 5.75 Å². The Morgan fingerprint density at radius 2 is 2.13 bits per heavy atom. The maximum Gasteiger partial charge on any atom is 0.129 e. The number of oxime groups is 1. The van der Waals surface area contributed by atoms with E-state index in [-0.39, 0.29) is 6.10 Å². The van der Waals surface area contributed by atoms with Crippen molar-refractivity contribution in [1.29, 1.82) is 0 Å². The number of ether oxygens (including phenoxy) is 1. The summed E-state index contributed by atoms with van der Waals surface area (Å²) < 4.78 is 5.73. The molecule has 1 aromatic carbocycles. The van der Waals surface area contributed by atoms with Gasteiger partial charge in [-0.2, -0.15) is 0 Å². The second kappa shape index (κ2) is 3.57. The Morgan fingerprint density at radius 1 is 1.40 bits per heavy atom. The highest BCUT2D eigenvalue weighted by atomic mass is 16.5. The molecule has 0 spiro atoms. The lowest BCUT2D eigenvalue weighted by atomic mass is 9.95. The molecule has 1 heterocycles. The molecule has 0 bridgehead atoms. The molecule has 0 radical (unpaired) electrons. The highest BCUT2D eigenvalue weighted by Crippen LogP contribution is 2.31. The normalized spacial score (nSPS) is 22.3. The maximum absolute atomic E-state index is 8.98. The topological polar surface area (TPSA) is 41.8 Å². The molecule has 0 saturated carbocycles. The molecule has 0 aliphatic carbocycles. The third-order valence-electron chi connectivity index (χ3n) is 2.66. The summed E-state index contributed by atoms with van der Waals surface area (Å²) in [5, 5.41) is 12.3. The highest BCUT2D eigenvalue weighted by Gasteiger charge is 2.24. The summed E-state index contributed by atoms with van der Waals surface area (Å²) in [7, 11) is 0. The number of aryl methyl sites for hydroxylation is 2. The largest absolute Gasteiger partial charge is 0.490 e. The second-order valence-corrected chi connectivity index (χ2v) is 4.13. The van der Waals surface area contributed by atoms with Crippen LogP contribution in [0.3, 0.4) is 0 Å². The van der Waals surface area contributed by atoms with E-state index in [9.17, 15) is 0 Å². The Hall–Kier alpha value is -1.51. The van der Waals surface area contributed by atoms with Crippen molar-refractivity contribution in [2.45, 2.75) is 33.3 Å². The van der Waals surface area contributed by atoms with Crippen molar-refractivity contribution in [1.82, 2.24) is 0 Å². The average molecular weight is 205 g/mol. The molecule has 0 saturated heterocycles. The molecule has 80 valence electrons. The van der Waals surface area contributed by atoms with Gasteiger partial charge in [-0.3, -0.25) is 0 Å². The molecule has 1 atom stereocenters. The summed E-state index contributed by atoms with van der Waals surface area (Å²) in [5.41, 5.74) is 3.93. The van der Waals surface area contributed by atoms with Crippen LogP contribution in [0, 0.1) is 13.8 Å². The van der Waals surface area contributed by atoms with Crippen molar-refractivity contribution in [3.63, 3.8) is 0 Å². The minimum absolute atomic E-state index is 0.0737. The van der Waals surface area contributed by atoms with Gasteiger partial charge in [0.1, 0.15) is 11.9 Å². The molecule has 15 heavy (non-hydrogen) atoms. The first-order valence-corrected chi connectivity index (χ1v) is 5.11. The predicted octanol–water partition coefficient (Wildman–Crippen LogP) is 2.65. The number of hydrogen-bond acceptors (Lipinski definition) is 3. The quantitative estimate of drug-likeness (QED) is 0.522. The van der Waals surface area contributed by atoms with E-state index >= 15 is 0 Å². The molecule has 1 aliphatic rings. The Bertz CT molecular complexity index is 424. The molecule has 1 aliphatic heterocycles. The van der Waals surface area contributed by atoms with Crippen LogP contribution in [0.25, 0.3) is 0 Å². The third kappa shape index (κ3) is 1.69. The van der Waals surface area contributed by atoms with Crippen molar-refractivity contribution in [3.05, 3.63) is 28.8 Å². The maximum atomic E-state index is 8.98. The van der Waals surface area contributed by atoms with Crippen LogP contribution in [0.2, 0.25) is 0 Å². The van der Waals surface area contributed by atoms with Gasteiger partial charge in [0.15, 0.2) is 0 Å².